The van der Waals surface area contributed by atoms with Gasteiger partial charge in [0.25, 0.3) is 0 Å². The van der Waals surface area contributed by atoms with E-state index in [1.165, 1.54) is 21.9 Å². The fourth-order valence-corrected chi connectivity index (χ4v) is 6.13. The molecule has 0 saturated carbocycles. The van der Waals surface area contributed by atoms with E-state index in [1.54, 1.807) is 32.0 Å². The zero-order valence-electron chi connectivity index (χ0n) is 28.4. The van der Waals surface area contributed by atoms with E-state index < -0.39 is 53.9 Å². The molecule has 0 spiro atoms. The maximum Gasteiger partial charge on any atom is 0.416 e. The van der Waals surface area contributed by atoms with Crippen LogP contribution in [-0.4, -0.2) is 81.8 Å². The average molecular weight is 720 g/mol. The zero-order valence-corrected chi connectivity index (χ0v) is 28.4. The van der Waals surface area contributed by atoms with Crippen LogP contribution in [0.4, 0.5) is 13.2 Å². The van der Waals surface area contributed by atoms with Gasteiger partial charge in [0.05, 0.1) is 18.0 Å². The van der Waals surface area contributed by atoms with Crippen molar-refractivity contribution in [2.75, 3.05) is 26.3 Å². The van der Waals surface area contributed by atoms with Crippen LogP contribution in [0.2, 0.25) is 0 Å². The van der Waals surface area contributed by atoms with Gasteiger partial charge in [0.2, 0.25) is 35.2 Å². The first-order valence-electron chi connectivity index (χ1n) is 16.7. The Bertz CT molecular complexity index is 1950. The minimum atomic E-state index is -4.53. The van der Waals surface area contributed by atoms with Crippen LogP contribution in [0, 0.1) is 5.92 Å². The number of fused-ring (bicyclic) bond motifs is 1. The van der Waals surface area contributed by atoms with Gasteiger partial charge in [-0.3, -0.25) is 19.2 Å². The number of alkyl halides is 3. The second kappa shape index (κ2) is 15.3. The van der Waals surface area contributed by atoms with Gasteiger partial charge >= 0.3 is 6.18 Å². The third kappa shape index (κ3) is 8.41. The molecule has 272 valence electrons. The Balaban J connectivity index is 1.15. The SMILES string of the molecule is CC(C)[C@H](NC(=O)CN1C(=O)CN(Cc2ccc3c(c2)OCCO3)C(=O)[C@@H]1Cc1ccccc1)C(=O)c1noc(Cc2cccc(C(F)(F)F)c2)n1. The van der Waals surface area contributed by atoms with Gasteiger partial charge in [-0.1, -0.05) is 73.6 Å². The molecule has 12 nitrogen and oxygen atoms in total. The maximum atomic E-state index is 14.0. The molecule has 0 bridgehead atoms. The van der Waals surface area contributed by atoms with E-state index in [4.69, 9.17) is 14.0 Å². The number of Topliss-reactive ketones (excluding diaryl/α,β-unsaturated/α-hetero) is 1. The van der Waals surface area contributed by atoms with Crippen LogP contribution in [0.5, 0.6) is 11.5 Å². The molecule has 1 N–H and O–H groups in total. The lowest BCUT2D eigenvalue weighted by Crippen LogP contribution is -2.62. The molecule has 3 amide bonds. The number of ketones is 1. The van der Waals surface area contributed by atoms with Gasteiger partial charge < -0.3 is 29.1 Å². The van der Waals surface area contributed by atoms with Crippen molar-refractivity contribution in [2.24, 2.45) is 5.92 Å². The van der Waals surface area contributed by atoms with Crippen LogP contribution in [0.15, 0.2) is 77.3 Å². The van der Waals surface area contributed by atoms with Gasteiger partial charge in [0.1, 0.15) is 32.3 Å². The molecule has 4 aromatic rings. The van der Waals surface area contributed by atoms with Gasteiger partial charge in [-0.15, -0.1) is 0 Å². The zero-order chi connectivity index (χ0) is 37.0. The fraction of sp³-hybridized carbons (Fsp3) is 0.351. The highest BCUT2D eigenvalue weighted by atomic mass is 19.4. The van der Waals surface area contributed by atoms with E-state index in [0.29, 0.717) is 24.7 Å². The Hall–Kier alpha value is -5.73. The molecule has 0 aliphatic carbocycles. The first kappa shape index (κ1) is 36.1. The average Bonchev–Trinajstić information content (AvgIpc) is 3.59. The molecule has 3 heterocycles. The van der Waals surface area contributed by atoms with E-state index in [1.807, 2.05) is 30.3 Å². The Labute approximate surface area is 296 Å². The van der Waals surface area contributed by atoms with Crippen molar-refractivity contribution in [1.82, 2.24) is 25.3 Å². The monoisotopic (exact) mass is 719 g/mol. The number of carbonyl (C=O) groups is 4. The van der Waals surface area contributed by atoms with Crippen molar-refractivity contribution in [1.29, 1.82) is 0 Å². The largest absolute Gasteiger partial charge is 0.486 e. The van der Waals surface area contributed by atoms with Gasteiger partial charge in [0, 0.05) is 13.0 Å². The van der Waals surface area contributed by atoms with Crippen molar-refractivity contribution < 1.29 is 46.3 Å². The number of aromatic nitrogens is 2. The number of halogens is 3. The summed E-state index contributed by atoms with van der Waals surface area (Å²) in [5.41, 5.74) is 0.944. The third-order valence-corrected chi connectivity index (χ3v) is 8.75. The Kier molecular flexibility index (Phi) is 10.6. The number of ether oxygens (including phenoxy) is 2. The second-order valence-electron chi connectivity index (χ2n) is 12.9. The molecule has 52 heavy (non-hydrogen) atoms. The van der Waals surface area contributed by atoms with Crippen LogP contribution >= 0.6 is 0 Å². The lowest BCUT2D eigenvalue weighted by Gasteiger charge is -2.40. The van der Waals surface area contributed by atoms with E-state index in [-0.39, 0.29) is 49.1 Å². The quantitative estimate of drug-likeness (QED) is 0.213. The number of hydrogen-bond donors (Lipinski definition) is 1. The molecule has 15 heteroatoms. The minimum absolute atomic E-state index is 0.0847. The number of amides is 3. The third-order valence-electron chi connectivity index (χ3n) is 8.75. The van der Waals surface area contributed by atoms with Gasteiger partial charge in [-0.05, 0) is 40.8 Å². The topological polar surface area (TPSA) is 144 Å². The number of piperazine rings is 1. The fourth-order valence-electron chi connectivity index (χ4n) is 6.13. The highest BCUT2D eigenvalue weighted by molar-refractivity contribution is 6.01. The number of nitrogens with one attached hydrogen (secondary N) is 1. The minimum Gasteiger partial charge on any atom is -0.486 e. The summed E-state index contributed by atoms with van der Waals surface area (Å²) in [4.78, 5) is 61.4. The molecule has 0 unspecified atom stereocenters. The summed E-state index contributed by atoms with van der Waals surface area (Å²) in [7, 11) is 0. The summed E-state index contributed by atoms with van der Waals surface area (Å²) < 4.78 is 55.9. The van der Waals surface area contributed by atoms with Crippen molar-refractivity contribution in [3.8, 4) is 11.5 Å². The number of benzene rings is 3. The van der Waals surface area contributed by atoms with Gasteiger partial charge in [0.15, 0.2) is 11.5 Å². The molecule has 1 fully saturated rings. The highest BCUT2D eigenvalue weighted by Crippen LogP contribution is 2.32. The molecule has 2 aliphatic rings. The molecule has 0 radical (unpaired) electrons. The summed E-state index contributed by atoms with van der Waals surface area (Å²) >= 11 is 0. The van der Waals surface area contributed by atoms with Crippen molar-refractivity contribution >= 4 is 23.5 Å². The van der Waals surface area contributed by atoms with Crippen LogP contribution in [0.3, 0.4) is 0 Å². The van der Waals surface area contributed by atoms with E-state index in [9.17, 15) is 32.3 Å². The van der Waals surface area contributed by atoms with Crippen LogP contribution in [-0.2, 0) is 39.9 Å². The Morgan fingerprint density at radius 1 is 0.923 bits per heavy atom. The summed E-state index contributed by atoms with van der Waals surface area (Å²) in [5, 5.41) is 6.38. The Morgan fingerprint density at radius 3 is 2.38 bits per heavy atom. The van der Waals surface area contributed by atoms with E-state index in [2.05, 4.69) is 15.5 Å². The molecular weight excluding hydrogens is 683 g/mol. The molecule has 3 aromatic carbocycles. The molecule has 2 atom stereocenters. The van der Waals surface area contributed by atoms with E-state index in [0.717, 1.165) is 23.3 Å². The number of rotatable bonds is 12. The van der Waals surface area contributed by atoms with Gasteiger partial charge in [-0.25, -0.2) is 0 Å². The molecule has 2 aliphatic heterocycles. The predicted octanol–water partition coefficient (Wildman–Crippen LogP) is 4.26. The van der Waals surface area contributed by atoms with Crippen molar-refractivity contribution in [3.63, 3.8) is 0 Å². The number of nitrogens with zero attached hydrogens (tertiary/aromatic N) is 4. The van der Waals surface area contributed by atoms with Crippen LogP contribution in [0.25, 0.3) is 0 Å². The predicted molar refractivity (Wildman–Crippen MR) is 178 cm³/mol. The summed E-state index contributed by atoms with van der Waals surface area (Å²) in [6.07, 6.45) is -4.53. The summed E-state index contributed by atoms with van der Waals surface area (Å²) in [5.74, 6) is -1.90. The van der Waals surface area contributed by atoms with Crippen LogP contribution in [0.1, 0.15) is 52.6 Å². The number of carbonyl (C=O) groups excluding carboxylic acids is 4. The smallest absolute Gasteiger partial charge is 0.416 e. The van der Waals surface area contributed by atoms with E-state index >= 15 is 0 Å². The second-order valence-corrected chi connectivity index (χ2v) is 12.9. The molecule has 1 saturated heterocycles. The van der Waals surface area contributed by atoms with Gasteiger partial charge in [-0.2, -0.15) is 18.2 Å². The Morgan fingerprint density at radius 2 is 1.65 bits per heavy atom. The first-order chi connectivity index (χ1) is 24.9. The van der Waals surface area contributed by atoms with Crippen molar-refractivity contribution in [2.45, 2.75) is 51.5 Å². The molecule has 1 aromatic heterocycles. The van der Waals surface area contributed by atoms with Crippen molar-refractivity contribution in [3.05, 3.63) is 107 Å². The normalized spacial score (nSPS) is 16.6. The van der Waals surface area contributed by atoms with Crippen LogP contribution < -0.4 is 14.8 Å². The molecule has 6 rings (SSSR count). The lowest BCUT2D eigenvalue weighted by molar-refractivity contribution is -0.157. The highest BCUT2D eigenvalue weighted by Gasteiger charge is 2.41. The standard InChI is InChI=1S/C37H36F3N5O7/c1-22(2)33(34(48)35-42-31(52-43-35)18-24-9-6-10-26(15-24)37(38,39)40)41-30(46)20-45-27(16-23-7-4-3-5-8-23)36(49)44(21-32(45)47)19-25-11-12-28-29(17-25)51-14-13-50-28/h3-12,15,17,22,27,33H,13-14,16,18-21H2,1-2H3,(H,41,46)/t27-,33-/m0/s1. The maximum absolute atomic E-state index is 14.0. The molecular formula is C37H36F3N5O7. The summed E-state index contributed by atoms with van der Waals surface area (Å²) in [6.45, 7) is 3.59. The first-order valence-corrected chi connectivity index (χ1v) is 16.7. The summed E-state index contributed by atoms with van der Waals surface area (Å²) in [6, 6.07) is 16.9. The lowest BCUT2D eigenvalue weighted by atomic mass is 9.98. The number of hydrogen-bond acceptors (Lipinski definition) is 9.